The zero-order valence-electron chi connectivity index (χ0n) is 16.7. The highest BCUT2D eigenvalue weighted by Gasteiger charge is 2.43. The van der Waals surface area contributed by atoms with Crippen molar-refractivity contribution < 1.29 is 0 Å². The molecule has 1 heterocycles. The van der Waals surface area contributed by atoms with Gasteiger partial charge < -0.3 is 20.4 Å². The fourth-order valence-electron chi connectivity index (χ4n) is 3.79. The van der Waals surface area contributed by atoms with Crippen molar-refractivity contribution >= 4 is 5.96 Å². The Hall–Kier alpha value is -1.59. The highest BCUT2D eigenvalue weighted by atomic mass is 15.2. The van der Waals surface area contributed by atoms with Gasteiger partial charge in [-0.3, -0.25) is 4.99 Å². The number of hydrogen-bond donors (Lipinski definition) is 2. The minimum atomic E-state index is 0.310. The summed E-state index contributed by atoms with van der Waals surface area (Å²) in [5, 5.41) is 7.08. The molecule has 1 unspecified atom stereocenters. The van der Waals surface area contributed by atoms with Gasteiger partial charge in [0.2, 0.25) is 0 Å². The van der Waals surface area contributed by atoms with Gasteiger partial charge in [-0.15, -0.1) is 0 Å². The smallest absolute Gasteiger partial charge is 0.191 e. The quantitative estimate of drug-likeness (QED) is 0.577. The minimum absolute atomic E-state index is 0.310. The molecule has 0 amide bonds. The number of rotatable bonds is 7. The van der Waals surface area contributed by atoms with Crippen LogP contribution in [0.5, 0.6) is 0 Å². The maximum Gasteiger partial charge on any atom is 0.191 e. The molecule has 1 aromatic carbocycles. The van der Waals surface area contributed by atoms with E-state index in [-0.39, 0.29) is 0 Å². The van der Waals surface area contributed by atoms with Gasteiger partial charge in [0, 0.05) is 58.3 Å². The van der Waals surface area contributed by atoms with E-state index < -0.39 is 0 Å². The molecule has 1 atom stereocenters. The summed E-state index contributed by atoms with van der Waals surface area (Å²) in [7, 11) is 4.07. The molecule has 0 aromatic heterocycles. The Morgan fingerprint density at radius 1 is 1.12 bits per heavy atom. The van der Waals surface area contributed by atoms with Crippen molar-refractivity contribution in [2.24, 2.45) is 10.9 Å². The van der Waals surface area contributed by atoms with E-state index in [1.165, 1.54) is 44.6 Å². The predicted molar refractivity (Wildman–Crippen MR) is 110 cm³/mol. The van der Waals surface area contributed by atoms with Crippen molar-refractivity contribution in [1.29, 1.82) is 0 Å². The van der Waals surface area contributed by atoms with E-state index in [9.17, 15) is 0 Å². The Morgan fingerprint density at radius 3 is 2.42 bits per heavy atom. The van der Waals surface area contributed by atoms with Gasteiger partial charge in [0.1, 0.15) is 0 Å². The predicted octanol–water partition coefficient (Wildman–Crippen LogP) is 1.77. The van der Waals surface area contributed by atoms with Crippen LogP contribution in [0.25, 0.3) is 0 Å². The van der Waals surface area contributed by atoms with Crippen molar-refractivity contribution in [3.8, 4) is 0 Å². The average Bonchev–Trinajstić information content (AvgIpc) is 3.46. The summed E-state index contributed by atoms with van der Waals surface area (Å²) < 4.78 is 0. The molecule has 2 N–H and O–H groups in total. The van der Waals surface area contributed by atoms with Crippen LogP contribution in [0.15, 0.2) is 35.3 Å². The molecular formula is C21H35N5. The van der Waals surface area contributed by atoms with Crippen LogP contribution < -0.4 is 10.6 Å². The molecule has 5 nitrogen and oxygen atoms in total. The molecule has 1 aromatic rings. The maximum absolute atomic E-state index is 4.42. The van der Waals surface area contributed by atoms with Crippen molar-refractivity contribution in [3.63, 3.8) is 0 Å². The highest BCUT2D eigenvalue weighted by molar-refractivity contribution is 5.79. The molecule has 0 bridgehead atoms. The van der Waals surface area contributed by atoms with Gasteiger partial charge in [-0.2, -0.15) is 0 Å². The lowest BCUT2D eigenvalue weighted by molar-refractivity contribution is 0.139. The second-order valence-corrected chi connectivity index (χ2v) is 8.16. The Labute approximate surface area is 158 Å². The van der Waals surface area contributed by atoms with Crippen molar-refractivity contribution in [1.82, 2.24) is 20.4 Å². The normalized spacial score (nSPS) is 22.0. The zero-order valence-corrected chi connectivity index (χ0v) is 16.7. The van der Waals surface area contributed by atoms with Gasteiger partial charge >= 0.3 is 0 Å². The number of aliphatic imine (C=N–C) groups is 1. The largest absolute Gasteiger partial charge is 0.356 e. The monoisotopic (exact) mass is 357 g/mol. The Bertz CT molecular complexity index is 573. The van der Waals surface area contributed by atoms with Crippen LogP contribution in [0.3, 0.4) is 0 Å². The second kappa shape index (κ2) is 8.87. The Kier molecular flexibility index (Phi) is 6.54. The molecule has 2 fully saturated rings. The standard InChI is InChI=1S/C21H35N5/c1-18(16-26-13-11-25(3)12-14-26)15-23-20(22-2)24-17-21(9-10-21)19-7-5-4-6-8-19/h4-8,18H,9-17H2,1-3H3,(H2,22,23,24). The molecule has 1 saturated carbocycles. The summed E-state index contributed by atoms with van der Waals surface area (Å²) in [5.74, 6) is 1.54. The molecule has 1 saturated heterocycles. The molecule has 2 aliphatic rings. The molecular weight excluding hydrogens is 322 g/mol. The first-order valence-corrected chi connectivity index (χ1v) is 10.0. The third kappa shape index (κ3) is 5.21. The maximum atomic E-state index is 4.42. The number of piperazine rings is 1. The summed E-state index contributed by atoms with van der Waals surface area (Å²) in [6.07, 6.45) is 2.53. The first-order valence-electron chi connectivity index (χ1n) is 10.0. The average molecular weight is 358 g/mol. The van der Waals surface area contributed by atoms with E-state index in [1.54, 1.807) is 0 Å². The van der Waals surface area contributed by atoms with E-state index >= 15 is 0 Å². The Morgan fingerprint density at radius 2 is 1.81 bits per heavy atom. The number of guanidine groups is 1. The summed E-state index contributed by atoms with van der Waals surface area (Å²) in [5.41, 5.74) is 1.76. The molecule has 26 heavy (non-hydrogen) atoms. The summed E-state index contributed by atoms with van der Waals surface area (Å²) >= 11 is 0. The van der Waals surface area contributed by atoms with Crippen molar-refractivity contribution in [2.75, 3.05) is 59.9 Å². The fraction of sp³-hybridized carbons (Fsp3) is 0.667. The molecule has 3 rings (SSSR count). The third-order valence-corrected chi connectivity index (χ3v) is 5.84. The molecule has 1 aliphatic heterocycles. The van der Waals surface area contributed by atoms with Crippen LogP contribution in [0.4, 0.5) is 0 Å². The third-order valence-electron chi connectivity index (χ3n) is 5.84. The van der Waals surface area contributed by atoms with E-state index in [2.05, 4.69) is 69.7 Å². The molecule has 5 heteroatoms. The second-order valence-electron chi connectivity index (χ2n) is 8.16. The molecule has 1 aliphatic carbocycles. The first kappa shape index (κ1) is 19.2. The highest BCUT2D eigenvalue weighted by Crippen LogP contribution is 2.47. The topological polar surface area (TPSA) is 42.9 Å². The lowest BCUT2D eigenvalue weighted by Crippen LogP contribution is -2.48. The van der Waals surface area contributed by atoms with Crippen molar-refractivity contribution in [3.05, 3.63) is 35.9 Å². The van der Waals surface area contributed by atoms with Crippen molar-refractivity contribution in [2.45, 2.75) is 25.2 Å². The van der Waals surface area contributed by atoms with Crippen LogP contribution in [0.2, 0.25) is 0 Å². The van der Waals surface area contributed by atoms with Gasteiger partial charge in [-0.1, -0.05) is 37.3 Å². The molecule has 0 radical (unpaired) electrons. The SMILES string of the molecule is CN=C(NCC(C)CN1CCN(C)CC1)NCC1(c2ccccc2)CC1. The number of likely N-dealkylation sites (N-methyl/N-ethyl adjacent to an activating group) is 1. The summed E-state index contributed by atoms with van der Waals surface area (Å²) in [6.45, 7) is 10.2. The lowest BCUT2D eigenvalue weighted by atomic mass is 9.96. The number of nitrogens with zero attached hydrogens (tertiary/aromatic N) is 3. The van der Waals surface area contributed by atoms with Gasteiger partial charge in [0.15, 0.2) is 5.96 Å². The minimum Gasteiger partial charge on any atom is -0.356 e. The van der Waals surface area contributed by atoms with E-state index in [0.717, 1.165) is 25.6 Å². The number of nitrogens with one attached hydrogen (secondary N) is 2. The molecule has 0 spiro atoms. The van der Waals surface area contributed by atoms with Crippen LogP contribution in [0, 0.1) is 5.92 Å². The fourth-order valence-corrected chi connectivity index (χ4v) is 3.79. The van der Waals surface area contributed by atoms with Gasteiger partial charge in [0.05, 0.1) is 0 Å². The van der Waals surface area contributed by atoms with Crippen LogP contribution in [-0.4, -0.2) is 75.7 Å². The molecule has 144 valence electrons. The zero-order chi connectivity index (χ0) is 18.4. The van der Waals surface area contributed by atoms with E-state index in [0.29, 0.717) is 11.3 Å². The van der Waals surface area contributed by atoms with E-state index in [4.69, 9.17) is 0 Å². The summed E-state index contributed by atoms with van der Waals surface area (Å²) in [4.78, 5) is 9.40. The Balaban J connectivity index is 1.40. The number of benzene rings is 1. The van der Waals surface area contributed by atoms with Gasteiger partial charge in [0.25, 0.3) is 0 Å². The van der Waals surface area contributed by atoms with Crippen LogP contribution >= 0.6 is 0 Å². The number of hydrogen-bond acceptors (Lipinski definition) is 3. The van der Waals surface area contributed by atoms with Gasteiger partial charge in [-0.05, 0) is 31.4 Å². The van der Waals surface area contributed by atoms with Gasteiger partial charge in [-0.25, -0.2) is 0 Å². The van der Waals surface area contributed by atoms with Crippen LogP contribution in [0.1, 0.15) is 25.3 Å². The first-order chi connectivity index (χ1) is 12.6. The van der Waals surface area contributed by atoms with E-state index in [1.807, 2.05) is 7.05 Å². The van der Waals surface area contributed by atoms with Crippen LogP contribution in [-0.2, 0) is 5.41 Å². The summed E-state index contributed by atoms with van der Waals surface area (Å²) in [6, 6.07) is 10.9. The lowest BCUT2D eigenvalue weighted by Gasteiger charge is -2.34.